The Balaban J connectivity index is 1.75. The molecule has 1 aromatic heterocycles. The minimum Gasteiger partial charge on any atom is -0.325 e. The molecule has 1 amide bonds. The monoisotopic (exact) mass is 444 g/mol. The number of aromatic nitrogens is 2. The predicted octanol–water partition coefficient (Wildman–Crippen LogP) is 3.70. The maximum Gasteiger partial charge on any atom is 0.243 e. The van der Waals surface area contributed by atoms with Crippen molar-refractivity contribution in [2.24, 2.45) is 0 Å². The molecule has 0 aliphatic carbocycles. The smallest absolute Gasteiger partial charge is 0.243 e. The summed E-state index contributed by atoms with van der Waals surface area (Å²) in [5.41, 5.74) is 2.10. The summed E-state index contributed by atoms with van der Waals surface area (Å²) in [6.07, 6.45) is 1.48. The summed E-state index contributed by atoms with van der Waals surface area (Å²) >= 11 is 1.32. The second-order valence-electron chi connectivity index (χ2n) is 6.60. The first kappa shape index (κ1) is 22.2. The van der Waals surface area contributed by atoms with Crippen LogP contribution in [-0.2, 0) is 14.8 Å². The van der Waals surface area contributed by atoms with Gasteiger partial charge in [-0.05, 0) is 30.7 Å². The second kappa shape index (κ2) is 9.55. The fourth-order valence-corrected chi connectivity index (χ4v) is 5.30. The van der Waals surface area contributed by atoms with E-state index in [9.17, 15) is 13.2 Å². The zero-order valence-corrected chi connectivity index (χ0v) is 18.8. The first-order valence-corrected chi connectivity index (χ1v) is 12.0. The molecule has 0 spiro atoms. The van der Waals surface area contributed by atoms with Gasteiger partial charge in [-0.2, -0.15) is 4.31 Å². The van der Waals surface area contributed by atoms with Gasteiger partial charge in [-0.15, -0.1) is 0 Å². The zero-order chi connectivity index (χ0) is 21.7. The number of hydrogen-bond acceptors (Lipinski definition) is 6. The second-order valence-corrected chi connectivity index (χ2v) is 9.50. The number of aryl methyl sites for hydroxylation is 1. The van der Waals surface area contributed by atoms with Gasteiger partial charge in [0.05, 0.1) is 16.2 Å². The molecule has 0 bridgehead atoms. The van der Waals surface area contributed by atoms with Crippen LogP contribution in [0.2, 0.25) is 0 Å². The van der Waals surface area contributed by atoms with Crippen molar-refractivity contribution in [2.75, 3.05) is 24.2 Å². The summed E-state index contributed by atoms with van der Waals surface area (Å²) in [5.74, 6) is -0.0869. The maximum absolute atomic E-state index is 12.8. The summed E-state index contributed by atoms with van der Waals surface area (Å²) in [5, 5.41) is 4.45. The number of nitrogens with zero attached hydrogens (tertiary/aromatic N) is 3. The van der Waals surface area contributed by atoms with Crippen LogP contribution >= 0.6 is 11.8 Å². The van der Waals surface area contributed by atoms with E-state index < -0.39 is 10.0 Å². The van der Waals surface area contributed by atoms with Crippen LogP contribution in [0.4, 0.5) is 5.69 Å². The molecule has 2 aromatic carbocycles. The Bertz CT molecular complexity index is 1160. The first-order valence-electron chi connectivity index (χ1n) is 9.60. The van der Waals surface area contributed by atoms with Crippen molar-refractivity contribution in [3.63, 3.8) is 0 Å². The van der Waals surface area contributed by atoms with Crippen molar-refractivity contribution >= 4 is 44.3 Å². The van der Waals surface area contributed by atoms with Crippen LogP contribution in [0, 0.1) is 6.92 Å². The molecule has 0 aliphatic heterocycles. The lowest BCUT2D eigenvalue weighted by Gasteiger charge is -2.19. The number of anilines is 1. The summed E-state index contributed by atoms with van der Waals surface area (Å²) < 4.78 is 26.9. The van der Waals surface area contributed by atoms with Crippen LogP contribution in [-0.4, -0.2) is 47.4 Å². The van der Waals surface area contributed by atoms with Gasteiger partial charge in [0.15, 0.2) is 0 Å². The van der Waals surface area contributed by atoms with Crippen molar-refractivity contribution in [2.45, 2.75) is 30.7 Å². The van der Waals surface area contributed by atoms with Gasteiger partial charge in [0.2, 0.25) is 15.9 Å². The number of fused-ring (bicyclic) bond motifs is 1. The number of thioether (sulfide) groups is 1. The van der Waals surface area contributed by atoms with Gasteiger partial charge in [0.25, 0.3) is 0 Å². The molecule has 1 N–H and O–H groups in total. The van der Waals surface area contributed by atoms with E-state index in [2.05, 4.69) is 15.3 Å². The Kier molecular flexibility index (Phi) is 7.06. The fourth-order valence-electron chi connectivity index (χ4n) is 3.02. The highest BCUT2D eigenvalue weighted by Gasteiger charge is 2.22. The fraction of sp³-hybridized carbons (Fsp3) is 0.286. The number of carbonyl (C=O) groups excluding carboxylic acids is 1. The molecule has 0 fully saturated rings. The highest BCUT2D eigenvalue weighted by Crippen LogP contribution is 2.26. The number of rotatable bonds is 8. The van der Waals surface area contributed by atoms with Gasteiger partial charge in [0.1, 0.15) is 11.4 Å². The van der Waals surface area contributed by atoms with Crippen LogP contribution < -0.4 is 5.32 Å². The van der Waals surface area contributed by atoms with Crippen molar-refractivity contribution in [1.29, 1.82) is 0 Å². The highest BCUT2D eigenvalue weighted by atomic mass is 32.2. The number of para-hydroxylation sites is 1. The van der Waals surface area contributed by atoms with E-state index in [0.717, 1.165) is 21.5 Å². The lowest BCUT2D eigenvalue weighted by molar-refractivity contribution is -0.113. The molecule has 1 heterocycles. The molecule has 158 valence electrons. The van der Waals surface area contributed by atoms with Gasteiger partial charge in [-0.25, -0.2) is 18.4 Å². The number of amides is 1. The van der Waals surface area contributed by atoms with E-state index in [-0.39, 0.29) is 16.6 Å². The van der Waals surface area contributed by atoms with Crippen molar-refractivity contribution in [1.82, 2.24) is 14.3 Å². The molecule has 0 atom stereocenters. The van der Waals surface area contributed by atoms with E-state index in [1.54, 1.807) is 26.0 Å². The van der Waals surface area contributed by atoms with Gasteiger partial charge in [-0.1, -0.05) is 49.9 Å². The van der Waals surface area contributed by atoms with Crippen molar-refractivity contribution < 1.29 is 13.2 Å². The summed E-state index contributed by atoms with van der Waals surface area (Å²) in [6.45, 7) is 6.20. The van der Waals surface area contributed by atoms with Crippen LogP contribution in [0.3, 0.4) is 0 Å². The molecule has 3 rings (SSSR count). The summed E-state index contributed by atoms with van der Waals surface area (Å²) in [4.78, 5) is 21.2. The Morgan fingerprint density at radius 1 is 1.10 bits per heavy atom. The molecule has 3 aromatic rings. The third-order valence-electron chi connectivity index (χ3n) is 4.67. The molecule has 0 saturated carbocycles. The lowest BCUT2D eigenvalue weighted by atomic mass is 10.2. The molecule has 9 heteroatoms. The molecule has 0 unspecified atom stereocenters. The number of sulfonamides is 1. The van der Waals surface area contributed by atoms with Gasteiger partial charge < -0.3 is 5.32 Å². The first-order chi connectivity index (χ1) is 14.4. The molecule has 0 radical (unpaired) electrons. The third-order valence-corrected chi connectivity index (χ3v) is 7.72. The Hall–Kier alpha value is -2.49. The molecule has 30 heavy (non-hydrogen) atoms. The molecular weight excluding hydrogens is 420 g/mol. The third kappa shape index (κ3) is 4.80. The Morgan fingerprint density at radius 3 is 2.57 bits per heavy atom. The van der Waals surface area contributed by atoms with Crippen molar-refractivity contribution in [3.05, 3.63) is 54.4 Å². The van der Waals surface area contributed by atoms with Gasteiger partial charge in [-0.3, -0.25) is 4.79 Å². The average Bonchev–Trinajstić information content (AvgIpc) is 2.74. The van der Waals surface area contributed by atoms with Crippen LogP contribution in [0.5, 0.6) is 0 Å². The van der Waals surface area contributed by atoms with Gasteiger partial charge in [0, 0.05) is 24.2 Å². The normalized spacial score (nSPS) is 11.7. The van der Waals surface area contributed by atoms with E-state index in [0.29, 0.717) is 18.8 Å². The standard InChI is InChI=1S/C21H24N4O3S2/c1-4-25(5-2)30(27,28)16-11-10-15(3)19(12-16)24-20(26)13-29-21-17-8-6-7-9-18(17)22-14-23-21/h6-12,14H,4-5,13H2,1-3H3,(H,24,26). The van der Waals surface area contributed by atoms with E-state index in [1.807, 2.05) is 31.2 Å². The van der Waals surface area contributed by atoms with Crippen LogP contribution in [0.15, 0.2) is 58.7 Å². The molecule has 0 saturated heterocycles. The molecule has 7 nitrogen and oxygen atoms in total. The van der Waals surface area contributed by atoms with Gasteiger partial charge >= 0.3 is 0 Å². The van der Waals surface area contributed by atoms with E-state index >= 15 is 0 Å². The Labute approximate surface area is 181 Å². The molecular formula is C21H24N4O3S2. The van der Waals surface area contributed by atoms with Crippen LogP contribution in [0.1, 0.15) is 19.4 Å². The number of carbonyl (C=O) groups is 1. The number of benzene rings is 2. The topological polar surface area (TPSA) is 92.3 Å². The predicted molar refractivity (Wildman–Crippen MR) is 120 cm³/mol. The molecule has 0 aliphatic rings. The minimum atomic E-state index is -3.60. The average molecular weight is 445 g/mol. The maximum atomic E-state index is 12.8. The summed E-state index contributed by atoms with van der Waals surface area (Å²) in [6, 6.07) is 12.4. The zero-order valence-electron chi connectivity index (χ0n) is 17.1. The number of hydrogen-bond donors (Lipinski definition) is 1. The van der Waals surface area contributed by atoms with E-state index in [4.69, 9.17) is 0 Å². The van der Waals surface area contributed by atoms with Crippen molar-refractivity contribution in [3.8, 4) is 0 Å². The number of nitrogens with one attached hydrogen (secondary N) is 1. The summed E-state index contributed by atoms with van der Waals surface area (Å²) in [7, 11) is -3.60. The Morgan fingerprint density at radius 2 is 1.83 bits per heavy atom. The highest BCUT2D eigenvalue weighted by molar-refractivity contribution is 8.00. The largest absolute Gasteiger partial charge is 0.325 e. The minimum absolute atomic E-state index is 0.146. The SMILES string of the molecule is CCN(CC)S(=O)(=O)c1ccc(C)c(NC(=O)CSc2ncnc3ccccc23)c1. The quantitative estimate of drug-likeness (QED) is 0.421. The van der Waals surface area contributed by atoms with E-state index in [1.165, 1.54) is 28.5 Å². The van der Waals surface area contributed by atoms with Crippen LogP contribution in [0.25, 0.3) is 10.9 Å². The lowest BCUT2D eigenvalue weighted by Crippen LogP contribution is -2.30.